The molecule has 1 fully saturated rings. The van der Waals surface area contributed by atoms with Gasteiger partial charge in [0.05, 0.1) is 17.8 Å². The maximum Gasteiger partial charge on any atom is 0.236 e. The molecule has 4 rings (SSSR count). The van der Waals surface area contributed by atoms with Crippen LogP contribution in [0.5, 0.6) is 0 Å². The van der Waals surface area contributed by atoms with E-state index in [1.165, 1.54) is 5.39 Å². The molecule has 2 aromatic heterocycles. The van der Waals surface area contributed by atoms with E-state index in [0.717, 1.165) is 42.5 Å². The van der Waals surface area contributed by atoms with Gasteiger partial charge in [-0.2, -0.15) is 10.1 Å². The summed E-state index contributed by atoms with van der Waals surface area (Å²) in [5.74, 6) is 2.07. The van der Waals surface area contributed by atoms with Gasteiger partial charge in [-0.15, -0.1) is 0 Å². The van der Waals surface area contributed by atoms with E-state index >= 15 is 0 Å². The molecule has 1 aliphatic heterocycles. The molecule has 160 valence electrons. The summed E-state index contributed by atoms with van der Waals surface area (Å²) in [6.07, 6.45) is 3.73. The maximum atomic E-state index is 11.8. The van der Waals surface area contributed by atoms with Crippen LogP contribution >= 0.6 is 0 Å². The van der Waals surface area contributed by atoms with Crippen LogP contribution in [0.3, 0.4) is 0 Å². The van der Waals surface area contributed by atoms with Crippen molar-refractivity contribution in [1.82, 2.24) is 24.8 Å². The molecule has 0 unspecified atom stereocenters. The Hall–Kier alpha value is -2.74. The van der Waals surface area contributed by atoms with Gasteiger partial charge in [-0.3, -0.25) is 9.48 Å². The van der Waals surface area contributed by atoms with Crippen molar-refractivity contribution in [2.75, 3.05) is 19.6 Å². The Morgan fingerprint density at radius 1 is 1.30 bits per heavy atom. The number of carbonyl (C=O) groups excluding carboxylic acids is 1. The first kappa shape index (κ1) is 20.5. The Balaban J connectivity index is 1.51. The van der Waals surface area contributed by atoms with Crippen molar-refractivity contribution < 1.29 is 9.32 Å². The molecule has 0 saturated carbocycles. The zero-order valence-electron chi connectivity index (χ0n) is 18.0. The Bertz CT molecular complexity index is 1030. The van der Waals surface area contributed by atoms with Crippen LogP contribution in [0.2, 0.25) is 0 Å². The largest absolute Gasteiger partial charge is 0.342 e. The first-order valence-corrected chi connectivity index (χ1v) is 10.7. The predicted molar refractivity (Wildman–Crippen MR) is 115 cm³/mol. The van der Waals surface area contributed by atoms with E-state index in [-0.39, 0.29) is 18.4 Å². The lowest BCUT2D eigenvalue weighted by molar-refractivity contribution is -0.130. The lowest BCUT2D eigenvalue weighted by Crippen LogP contribution is -2.41. The second-order valence-electron chi connectivity index (χ2n) is 8.55. The van der Waals surface area contributed by atoms with E-state index < -0.39 is 0 Å². The van der Waals surface area contributed by atoms with Crippen molar-refractivity contribution in [2.45, 2.75) is 45.4 Å². The number of benzene rings is 1. The average molecular weight is 411 g/mol. The molecule has 0 aliphatic carbocycles. The van der Waals surface area contributed by atoms with Gasteiger partial charge in [0, 0.05) is 37.0 Å². The Morgan fingerprint density at radius 3 is 2.77 bits per heavy atom. The van der Waals surface area contributed by atoms with E-state index in [0.29, 0.717) is 30.7 Å². The van der Waals surface area contributed by atoms with Gasteiger partial charge in [0.2, 0.25) is 17.6 Å². The van der Waals surface area contributed by atoms with Gasteiger partial charge in [-0.1, -0.05) is 31.1 Å². The minimum absolute atomic E-state index is 0.00286. The van der Waals surface area contributed by atoms with E-state index in [4.69, 9.17) is 15.4 Å². The topological polar surface area (TPSA) is 103 Å². The number of fused-ring (bicyclic) bond motifs is 1. The number of piperidine rings is 1. The van der Waals surface area contributed by atoms with Gasteiger partial charge in [-0.25, -0.2) is 0 Å². The van der Waals surface area contributed by atoms with Crippen molar-refractivity contribution in [3.8, 4) is 11.4 Å². The molecule has 3 aromatic rings. The SMILES string of the molecule is CC(C)CCc1nn(C)c2cc(-c3noc(C4CCN(C(=O)CN)CC4)n3)ccc12. The van der Waals surface area contributed by atoms with Crippen molar-refractivity contribution in [2.24, 2.45) is 18.7 Å². The molecular weight excluding hydrogens is 380 g/mol. The summed E-state index contributed by atoms with van der Waals surface area (Å²) in [7, 11) is 1.98. The van der Waals surface area contributed by atoms with Gasteiger partial charge in [-0.05, 0) is 37.7 Å². The van der Waals surface area contributed by atoms with Gasteiger partial charge < -0.3 is 15.2 Å². The summed E-state index contributed by atoms with van der Waals surface area (Å²) in [6.45, 7) is 5.89. The summed E-state index contributed by atoms with van der Waals surface area (Å²) in [4.78, 5) is 18.2. The highest BCUT2D eigenvalue weighted by Gasteiger charge is 2.27. The predicted octanol–water partition coefficient (Wildman–Crippen LogP) is 2.88. The number of nitrogens with zero attached hydrogens (tertiary/aromatic N) is 5. The lowest BCUT2D eigenvalue weighted by atomic mass is 9.96. The van der Waals surface area contributed by atoms with Crippen LogP contribution in [0.4, 0.5) is 0 Å². The number of amides is 1. The number of aryl methyl sites for hydroxylation is 2. The number of hydrogen-bond acceptors (Lipinski definition) is 6. The smallest absolute Gasteiger partial charge is 0.236 e. The van der Waals surface area contributed by atoms with Gasteiger partial charge in [0.1, 0.15) is 0 Å². The third-order valence-electron chi connectivity index (χ3n) is 5.96. The lowest BCUT2D eigenvalue weighted by Gasteiger charge is -2.30. The highest BCUT2D eigenvalue weighted by atomic mass is 16.5. The van der Waals surface area contributed by atoms with Crippen LogP contribution in [0, 0.1) is 5.92 Å². The normalized spacial score (nSPS) is 15.4. The van der Waals surface area contributed by atoms with Crippen LogP contribution < -0.4 is 5.73 Å². The number of likely N-dealkylation sites (tertiary alicyclic amines) is 1. The van der Waals surface area contributed by atoms with Crippen molar-refractivity contribution in [3.63, 3.8) is 0 Å². The minimum atomic E-state index is -0.00286. The summed E-state index contributed by atoms with van der Waals surface area (Å²) >= 11 is 0. The fourth-order valence-corrected chi connectivity index (χ4v) is 4.10. The standard InChI is InChI=1S/C22H30N6O2/c1-14(2)4-7-18-17-6-5-16(12-19(17)27(3)25-18)21-24-22(30-26-21)15-8-10-28(11-9-15)20(29)13-23/h5-6,12,14-15H,4,7-11,13,23H2,1-3H3. The van der Waals surface area contributed by atoms with Crippen LogP contribution in [0.25, 0.3) is 22.3 Å². The van der Waals surface area contributed by atoms with Gasteiger partial charge in [0.25, 0.3) is 0 Å². The first-order valence-electron chi connectivity index (χ1n) is 10.7. The highest BCUT2D eigenvalue weighted by molar-refractivity contribution is 5.86. The van der Waals surface area contributed by atoms with Gasteiger partial charge in [0.15, 0.2) is 0 Å². The molecule has 8 heteroatoms. The maximum absolute atomic E-state index is 11.8. The van der Waals surface area contributed by atoms with E-state index in [2.05, 4.69) is 36.1 Å². The van der Waals surface area contributed by atoms with Crippen molar-refractivity contribution in [3.05, 3.63) is 29.8 Å². The molecule has 0 bridgehead atoms. The zero-order chi connectivity index (χ0) is 21.3. The van der Waals surface area contributed by atoms with E-state index in [1.54, 1.807) is 4.90 Å². The highest BCUT2D eigenvalue weighted by Crippen LogP contribution is 2.30. The summed E-state index contributed by atoms with van der Waals surface area (Å²) in [5, 5.41) is 10.1. The van der Waals surface area contributed by atoms with Crippen LogP contribution in [0.1, 0.15) is 50.6 Å². The zero-order valence-corrected chi connectivity index (χ0v) is 18.0. The molecule has 2 N–H and O–H groups in total. The molecule has 1 amide bonds. The number of aromatic nitrogens is 4. The number of rotatable bonds is 6. The summed E-state index contributed by atoms with van der Waals surface area (Å²) in [6, 6.07) is 6.23. The molecule has 1 saturated heterocycles. The average Bonchev–Trinajstić information content (AvgIpc) is 3.37. The molecule has 1 aromatic carbocycles. The van der Waals surface area contributed by atoms with Crippen LogP contribution in [-0.4, -0.2) is 50.4 Å². The van der Waals surface area contributed by atoms with Gasteiger partial charge >= 0.3 is 0 Å². The van der Waals surface area contributed by atoms with E-state index in [1.807, 2.05) is 17.8 Å². The second kappa shape index (κ2) is 8.55. The fourth-order valence-electron chi connectivity index (χ4n) is 4.10. The van der Waals surface area contributed by atoms with Crippen LogP contribution in [0.15, 0.2) is 22.7 Å². The minimum Gasteiger partial charge on any atom is -0.342 e. The summed E-state index contributed by atoms with van der Waals surface area (Å²) < 4.78 is 7.51. The summed E-state index contributed by atoms with van der Waals surface area (Å²) in [5.41, 5.74) is 8.60. The third kappa shape index (κ3) is 4.09. The number of carbonyl (C=O) groups is 1. The van der Waals surface area contributed by atoms with Crippen molar-refractivity contribution in [1.29, 1.82) is 0 Å². The molecule has 1 aliphatic rings. The molecular formula is C22H30N6O2. The molecule has 0 atom stereocenters. The fraction of sp³-hybridized carbons (Fsp3) is 0.545. The molecule has 0 radical (unpaired) electrons. The molecule has 3 heterocycles. The first-order chi connectivity index (χ1) is 14.5. The van der Waals surface area contributed by atoms with Crippen molar-refractivity contribution >= 4 is 16.8 Å². The van der Waals surface area contributed by atoms with Crippen LogP contribution in [-0.2, 0) is 18.3 Å². The molecule has 30 heavy (non-hydrogen) atoms. The number of hydrogen-bond donors (Lipinski definition) is 1. The molecule has 8 nitrogen and oxygen atoms in total. The Labute approximate surface area is 176 Å². The number of nitrogens with two attached hydrogens (primary N) is 1. The third-order valence-corrected chi connectivity index (χ3v) is 5.96. The monoisotopic (exact) mass is 410 g/mol. The van der Waals surface area contributed by atoms with E-state index in [9.17, 15) is 4.79 Å². The quantitative estimate of drug-likeness (QED) is 0.670. The Morgan fingerprint density at radius 2 is 2.07 bits per heavy atom. The molecule has 0 spiro atoms. The Kier molecular flexibility index (Phi) is 5.85. The second-order valence-corrected chi connectivity index (χ2v) is 8.55.